The summed E-state index contributed by atoms with van der Waals surface area (Å²) < 4.78 is 0. The summed E-state index contributed by atoms with van der Waals surface area (Å²) in [5, 5.41) is 5.34. The summed E-state index contributed by atoms with van der Waals surface area (Å²) in [5.41, 5.74) is 2.91. The third kappa shape index (κ3) is 6.22. The third-order valence-corrected chi connectivity index (χ3v) is 5.28. The van der Waals surface area contributed by atoms with E-state index in [0.717, 1.165) is 44.8 Å². The molecule has 0 spiro atoms. The second-order valence-corrected chi connectivity index (χ2v) is 7.67. The van der Waals surface area contributed by atoms with Gasteiger partial charge in [0.2, 0.25) is 0 Å². The minimum atomic E-state index is -0.635. The van der Waals surface area contributed by atoms with Gasteiger partial charge in [-0.05, 0) is 49.4 Å². The van der Waals surface area contributed by atoms with E-state index in [4.69, 9.17) is 0 Å². The van der Waals surface area contributed by atoms with E-state index in [9.17, 15) is 9.59 Å². The topological polar surface area (TPSA) is 67.9 Å². The Balaban J connectivity index is 1.31. The zero-order valence-electron chi connectivity index (χ0n) is 17.8. The van der Waals surface area contributed by atoms with E-state index in [1.807, 2.05) is 37.2 Å². The number of para-hydroxylation sites is 1. The minimum absolute atomic E-state index is 0.491. The van der Waals surface area contributed by atoms with E-state index in [0.29, 0.717) is 12.2 Å². The summed E-state index contributed by atoms with van der Waals surface area (Å²) in [7, 11) is 3.90. The fraction of sp³-hybridized carbons (Fsp3) is 0.391. The van der Waals surface area contributed by atoms with Crippen LogP contribution >= 0.6 is 0 Å². The molecule has 1 heterocycles. The summed E-state index contributed by atoms with van der Waals surface area (Å²) in [6, 6.07) is 17.8. The van der Waals surface area contributed by atoms with Gasteiger partial charge < -0.3 is 20.4 Å². The maximum absolute atomic E-state index is 12.0. The fourth-order valence-electron chi connectivity index (χ4n) is 3.48. The summed E-state index contributed by atoms with van der Waals surface area (Å²) in [5.74, 6) is -1.23. The molecule has 0 aliphatic carbocycles. The number of hydrogen-bond acceptors (Lipinski definition) is 5. The molecule has 0 unspecified atom stereocenters. The minimum Gasteiger partial charge on any atom is -0.378 e. The number of piperazine rings is 1. The molecule has 0 bridgehead atoms. The van der Waals surface area contributed by atoms with Crippen LogP contribution in [0, 0.1) is 0 Å². The van der Waals surface area contributed by atoms with E-state index in [1.165, 1.54) is 5.69 Å². The van der Waals surface area contributed by atoms with Crippen LogP contribution in [-0.4, -0.2) is 70.1 Å². The number of nitrogens with one attached hydrogen (secondary N) is 2. The van der Waals surface area contributed by atoms with Crippen molar-refractivity contribution in [2.24, 2.45) is 0 Å². The van der Waals surface area contributed by atoms with E-state index in [1.54, 1.807) is 12.1 Å². The zero-order valence-corrected chi connectivity index (χ0v) is 17.8. The lowest BCUT2D eigenvalue weighted by molar-refractivity contribution is -0.136. The van der Waals surface area contributed by atoms with Crippen molar-refractivity contribution in [1.29, 1.82) is 0 Å². The first-order valence-corrected chi connectivity index (χ1v) is 10.4. The molecule has 1 aliphatic heterocycles. The second-order valence-electron chi connectivity index (χ2n) is 7.67. The molecule has 1 fully saturated rings. The van der Waals surface area contributed by atoms with Crippen molar-refractivity contribution in [3.05, 3.63) is 54.6 Å². The fourth-order valence-corrected chi connectivity index (χ4v) is 3.48. The van der Waals surface area contributed by atoms with Crippen LogP contribution in [0.25, 0.3) is 0 Å². The van der Waals surface area contributed by atoms with Gasteiger partial charge in [0.25, 0.3) is 0 Å². The highest BCUT2D eigenvalue weighted by molar-refractivity contribution is 6.39. The molecule has 0 atom stereocenters. The maximum Gasteiger partial charge on any atom is 0.313 e. The number of benzene rings is 2. The predicted octanol–water partition coefficient (Wildman–Crippen LogP) is 2.02. The molecule has 1 saturated heterocycles. The molecule has 0 aromatic heterocycles. The van der Waals surface area contributed by atoms with E-state index in [2.05, 4.69) is 44.7 Å². The van der Waals surface area contributed by atoms with Gasteiger partial charge in [-0.1, -0.05) is 18.2 Å². The summed E-state index contributed by atoms with van der Waals surface area (Å²) in [6.45, 7) is 5.43. The molecule has 2 aromatic rings. The lowest BCUT2D eigenvalue weighted by atomic mass is 10.2. The van der Waals surface area contributed by atoms with Crippen molar-refractivity contribution in [3.63, 3.8) is 0 Å². The Labute approximate surface area is 178 Å². The van der Waals surface area contributed by atoms with Gasteiger partial charge in [-0.15, -0.1) is 0 Å². The lowest BCUT2D eigenvalue weighted by Gasteiger charge is -2.36. The van der Waals surface area contributed by atoms with Gasteiger partial charge in [0.15, 0.2) is 0 Å². The molecule has 160 valence electrons. The summed E-state index contributed by atoms with van der Waals surface area (Å²) in [6.07, 6.45) is 0.821. The van der Waals surface area contributed by atoms with Gasteiger partial charge in [0.05, 0.1) is 0 Å². The molecule has 7 heteroatoms. The average Bonchev–Trinajstić information content (AvgIpc) is 2.78. The van der Waals surface area contributed by atoms with Crippen LogP contribution in [0.5, 0.6) is 0 Å². The van der Waals surface area contributed by atoms with Crippen LogP contribution in [0.2, 0.25) is 0 Å². The molecular weight excluding hydrogens is 378 g/mol. The lowest BCUT2D eigenvalue weighted by Crippen LogP contribution is -2.47. The first-order valence-electron chi connectivity index (χ1n) is 10.4. The van der Waals surface area contributed by atoms with Gasteiger partial charge >= 0.3 is 11.8 Å². The number of carbonyl (C=O) groups is 2. The van der Waals surface area contributed by atoms with Crippen molar-refractivity contribution in [3.8, 4) is 0 Å². The van der Waals surface area contributed by atoms with E-state index in [-0.39, 0.29) is 0 Å². The number of nitrogens with zero attached hydrogens (tertiary/aromatic N) is 3. The van der Waals surface area contributed by atoms with Gasteiger partial charge in [0, 0.05) is 63.9 Å². The number of anilines is 3. The van der Waals surface area contributed by atoms with Crippen LogP contribution in [0.3, 0.4) is 0 Å². The number of carbonyl (C=O) groups excluding carboxylic acids is 2. The molecule has 2 N–H and O–H groups in total. The SMILES string of the molecule is CN(C)c1ccc(NC(=O)C(=O)NCCCN2CCN(c3ccccc3)CC2)cc1. The normalized spacial score (nSPS) is 14.3. The molecule has 2 aromatic carbocycles. The van der Waals surface area contributed by atoms with Crippen LogP contribution in [-0.2, 0) is 9.59 Å². The van der Waals surface area contributed by atoms with Crippen LogP contribution in [0.1, 0.15) is 6.42 Å². The van der Waals surface area contributed by atoms with Crippen molar-refractivity contribution in [1.82, 2.24) is 10.2 Å². The Hall–Kier alpha value is -3.06. The van der Waals surface area contributed by atoms with Crippen molar-refractivity contribution in [2.75, 3.05) is 68.5 Å². The summed E-state index contributed by atoms with van der Waals surface area (Å²) >= 11 is 0. The van der Waals surface area contributed by atoms with Crippen molar-refractivity contribution >= 4 is 28.9 Å². The van der Waals surface area contributed by atoms with Crippen LogP contribution < -0.4 is 20.4 Å². The highest BCUT2D eigenvalue weighted by Crippen LogP contribution is 2.16. The molecule has 0 radical (unpaired) electrons. The first kappa shape index (κ1) is 21.6. The average molecular weight is 410 g/mol. The highest BCUT2D eigenvalue weighted by atomic mass is 16.2. The summed E-state index contributed by atoms with van der Waals surface area (Å²) in [4.78, 5) is 30.8. The molecule has 2 amide bonds. The Morgan fingerprint density at radius 2 is 1.57 bits per heavy atom. The quantitative estimate of drug-likeness (QED) is 0.541. The molecular formula is C23H31N5O2. The molecule has 30 heavy (non-hydrogen) atoms. The monoisotopic (exact) mass is 409 g/mol. The van der Waals surface area contributed by atoms with Crippen molar-refractivity contribution < 1.29 is 9.59 Å². The van der Waals surface area contributed by atoms with Crippen molar-refractivity contribution in [2.45, 2.75) is 6.42 Å². The largest absolute Gasteiger partial charge is 0.378 e. The Morgan fingerprint density at radius 1 is 0.900 bits per heavy atom. The standard InChI is InChI=1S/C23H31N5O2/c1-26(2)20-11-9-19(10-12-20)25-23(30)22(29)24-13-6-14-27-15-17-28(18-16-27)21-7-4-3-5-8-21/h3-5,7-12H,6,13-18H2,1-2H3,(H,24,29)(H,25,30). The Kier molecular flexibility index (Phi) is 7.68. The second kappa shape index (κ2) is 10.6. The van der Waals surface area contributed by atoms with E-state index >= 15 is 0 Å². The van der Waals surface area contributed by atoms with Gasteiger partial charge in [-0.25, -0.2) is 0 Å². The van der Waals surface area contributed by atoms with Gasteiger partial charge in [0.1, 0.15) is 0 Å². The number of rotatable bonds is 7. The third-order valence-electron chi connectivity index (χ3n) is 5.28. The molecule has 1 aliphatic rings. The number of amides is 2. The van der Waals surface area contributed by atoms with Crippen LogP contribution in [0.15, 0.2) is 54.6 Å². The predicted molar refractivity (Wildman–Crippen MR) is 122 cm³/mol. The molecule has 0 saturated carbocycles. The maximum atomic E-state index is 12.0. The smallest absolute Gasteiger partial charge is 0.313 e. The number of hydrogen-bond donors (Lipinski definition) is 2. The van der Waals surface area contributed by atoms with Crippen LogP contribution in [0.4, 0.5) is 17.1 Å². The van der Waals surface area contributed by atoms with Gasteiger partial charge in [-0.3, -0.25) is 14.5 Å². The zero-order chi connectivity index (χ0) is 21.3. The molecule has 7 nitrogen and oxygen atoms in total. The molecule has 3 rings (SSSR count). The highest BCUT2D eigenvalue weighted by Gasteiger charge is 2.17. The first-order chi connectivity index (χ1) is 14.5. The Morgan fingerprint density at radius 3 is 2.20 bits per heavy atom. The van der Waals surface area contributed by atoms with Gasteiger partial charge in [-0.2, -0.15) is 0 Å². The Bertz CT molecular complexity index is 815. The van der Waals surface area contributed by atoms with E-state index < -0.39 is 11.8 Å².